The van der Waals surface area contributed by atoms with Gasteiger partial charge in [0.15, 0.2) is 0 Å². The van der Waals surface area contributed by atoms with Crippen molar-refractivity contribution in [3.05, 3.63) is 66.2 Å². The summed E-state index contributed by atoms with van der Waals surface area (Å²) in [6.07, 6.45) is 2.07. The molecule has 0 aliphatic heterocycles. The van der Waals surface area contributed by atoms with Gasteiger partial charge >= 0.3 is 0 Å². The molecule has 1 aromatic heterocycles. The molecule has 0 amide bonds. The van der Waals surface area contributed by atoms with Crippen molar-refractivity contribution < 1.29 is 0 Å². The Morgan fingerprint density at radius 1 is 0.929 bits per heavy atom. The number of hydrogen-bond acceptors (Lipinski definition) is 5. The van der Waals surface area contributed by atoms with Crippen molar-refractivity contribution in [2.24, 2.45) is 0 Å². The van der Waals surface area contributed by atoms with Crippen molar-refractivity contribution in [3.63, 3.8) is 0 Å². The van der Waals surface area contributed by atoms with E-state index in [1.54, 1.807) is 0 Å². The maximum atomic E-state index is 4.71. The second-order valence-corrected chi connectivity index (χ2v) is 7.09. The van der Waals surface area contributed by atoms with Crippen molar-refractivity contribution in [2.45, 2.75) is 19.8 Å². The average Bonchev–Trinajstić information content (AvgIpc) is 2.72. The molecule has 5 nitrogen and oxygen atoms in total. The highest BCUT2D eigenvalue weighted by molar-refractivity contribution is 5.67. The van der Waals surface area contributed by atoms with Gasteiger partial charge in [0.05, 0.1) is 5.69 Å². The highest BCUT2D eigenvalue weighted by Crippen LogP contribution is 2.24. The molecular weight excluding hydrogens is 346 g/mol. The van der Waals surface area contributed by atoms with Crippen molar-refractivity contribution in [3.8, 4) is 11.3 Å². The van der Waals surface area contributed by atoms with Crippen LogP contribution in [0.3, 0.4) is 0 Å². The summed E-state index contributed by atoms with van der Waals surface area (Å²) in [7, 11) is 4.16. The van der Waals surface area contributed by atoms with E-state index in [0.29, 0.717) is 5.95 Å². The zero-order chi connectivity index (χ0) is 19.8. The van der Waals surface area contributed by atoms with Crippen LogP contribution >= 0.6 is 0 Å². The summed E-state index contributed by atoms with van der Waals surface area (Å²) in [6, 6.07) is 20.7. The predicted molar refractivity (Wildman–Crippen MR) is 118 cm³/mol. The Hall–Kier alpha value is -2.92. The van der Waals surface area contributed by atoms with Crippen LogP contribution in [0.1, 0.15) is 18.9 Å². The molecule has 0 bridgehead atoms. The highest BCUT2D eigenvalue weighted by Gasteiger charge is 2.07. The van der Waals surface area contributed by atoms with Gasteiger partial charge in [-0.2, -0.15) is 4.98 Å². The minimum atomic E-state index is 0.646. The molecule has 3 rings (SSSR count). The summed E-state index contributed by atoms with van der Waals surface area (Å²) < 4.78 is 0. The Morgan fingerprint density at radius 2 is 1.68 bits per heavy atom. The van der Waals surface area contributed by atoms with E-state index in [2.05, 4.69) is 77.9 Å². The van der Waals surface area contributed by atoms with Crippen LogP contribution < -0.4 is 10.6 Å². The van der Waals surface area contributed by atoms with E-state index < -0.39 is 0 Å². The first kappa shape index (κ1) is 19.8. The lowest BCUT2D eigenvalue weighted by Crippen LogP contribution is -2.17. The van der Waals surface area contributed by atoms with Crippen LogP contribution in [0.4, 0.5) is 17.5 Å². The molecule has 0 spiro atoms. The molecular formula is C23H29N5. The Bertz CT molecular complexity index is 860. The second kappa shape index (κ2) is 9.85. The Labute approximate surface area is 167 Å². The van der Waals surface area contributed by atoms with Crippen LogP contribution in [0.2, 0.25) is 0 Å². The van der Waals surface area contributed by atoms with Gasteiger partial charge < -0.3 is 15.5 Å². The van der Waals surface area contributed by atoms with Gasteiger partial charge in [-0.15, -0.1) is 0 Å². The van der Waals surface area contributed by atoms with Crippen LogP contribution in [0.5, 0.6) is 0 Å². The third-order valence-corrected chi connectivity index (χ3v) is 4.50. The molecule has 146 valence electrons. The van der Waals surface area contributed by atoms with Gasteiger partial charge in [0.1, 0.15) is 5.82 Å². The van der Waals surface area contributed by atoms with Crippen LogP contribution in [-0.4, -0.2) is 42.1 Å². The molecule has 0 aliphatic carbocycles. The summed E-state index contributed by atoms with van der Waals surface area (Å²) in [5.74, 6) is 1.43. The fraction of sp³-hybridized carbons (Fsp3) is 0.304. The minimum absolute atomic E-state index is 0.646. The van der Waals surface area contributed by atoms with Crippen LogP contribution in [-0.2, 0) is 6.42 Å². The standard InChI is InChI=1S/C23H29N5/c1-4-18-11-13-20(14-12-18)25-22-17-21(19-9-6-5-7-10-19)26-23(27-22)24-15-8-16-28(2)3/h5-7,9-14,17H,4,8,15-16H2,1-3H3,(H2,24,25,26,27). The maximum absolute atomic E-state index is 4.71. The number of hydrogen-bond donors (Lipinski definition) is 2. The van der Waals surface area contributed by atoms with Gasteiger partial charge in [-0.05, 0) is 51.2 Å². The lowest BCUT2D eigenvalue weighted by molar-refractivity contribution is 0.405. The third kappa shape index (κ3) is 5.79. The summed E-state index contributed by atoms with van der Waals surface area (Å²) in [5, 5.41) is 6.78. The first-order chi connectivity index (χ1) is 13.6. The van der Waals surface area contributed by atoms with E-state index >= 15 is 0 Å². The largest absolute Gasteiger partial charge is 0.354 e. The molecule has 0 saturated carbocycles. The molecule has 3 aromatic rings. The molecule has 0 saturated heterocycles. The van der Waals surface area contributed by atoms with Crippen LogP contribution in [0, 0.1) is 0 Å². The van der Waals surface area contributed by atoms with Crippen molar-refractivity contribution >= 4 is 17.5 Å². The summed E-state index contributed by atoms with van der Waals surface area (Å²) in [6.45, 7) is 4.02. The van der Waals surface area contributed by atoms with E-state index in [-0.39, 0.29) is 0 Å². The van der Waals surface area contributed by atoms with Gasteiger partial charge in [0.2, 0.25) is 5.95 Å². The zero-order valence-electron chi connectivity index (χ0n) is 16.9. The summed E-state index contributed by atoms with van der Waals surface area (Å²) >= 11 is 0. The monoisotopic (exact) mass is 375 g/mol. The molecule has 1 heterocycles. The van der Waals surface area contributed by atoms with E-state index in [4.69, 9.17) is 4.98 Å². The molecule has 2 N–H and O–H groups in total. The number of benzene rings is 2. The van der Waals surface area contributed by atoms with Crippen molar-refractivity contribution in [1.82, 2.24) is 14.9 Å². The lowest BCUT2D eigenvalue weighted by atomic mass is 10.1. The SMILES string of the molecule is CCc1ccc(Nc2cc(-c3ccccc3)nc(NCCCN(C)C)n2)cc1. The Balaban J connectivity index is 1.81. The molecule has 0 radical (unpaired) electrons. The minimum Gasteiger partial charge on any atom is -0.354 e. The average molecular weight is 376 g/mol. The quantitative estimate of drug-likeness (QED) is 0.526. The van der Waals surface area contributed by atoms with Gasteiger partial charge in [-0.1, -0.05) is 49.4 Å². The smallest absolute Gasteiger partial charge is 0.225 e. The number of aryl methyl sites for hydroxylation is 1. The van der Waals surface area contributed by atoms with E-state index in [0.717, 1.165) is 48.7 Å². The molecule has 0 aliphatic rings. The first-order valence-electron chi connectivity index (χ1n) is 9.83. The summed E-state index contributed by atoms with van der Waals surface area (Å²) in [5.41, 5.74) is 4.32. The first-order valence-corrected chi connectivity index (χ1v) is 9.83. The molecule has 5 heteroatoms. The molecule has 28 heavy (non-hydrogen) atoms. The number of nitrogens with one attached hydrogen (secondary N) is 2. The highest BCUT2D eigenvalue weighted by atomic mass is 15.1. The normalized spacial score (nSPS) is 10.9. The third-order valence-electron chi connectivity index (χ3n) is 4.50. The number of rotatable bonds is 9. The summed E-state index contributed by atoms with van der Waals surface area (Å²) in [4.78, 5) is 11.6. The zero-order valence-corrected chi connectivity index (χ0v) is 16.9. The second-order valence-electron chi connectivity index (χ2n) is 7.09. The Morgan fingerprint density at radius 3 is 2.36 bits per heavy atom. The van der Waals surface area contributed by atoms with Crippen molar-refractivity contribution in [1.29, 1.82) is 0 Å². The maximum Gasteiger partial charge on any atom is 0.225 e. The van der Waals surface area contributed by atoms with Crippen LogP contribution in [0.15, 0.2) is 60.7 Å². The van der Waals surface area contributed by atoms with E-state index in [1.165, 1.54) is 5.56 Å². The van der Waals surface area contributed by atoms with Gasteiger partial charge in [-0.25, -0.2) is 4.98 Å². The van der Waals surface area contributed by atoms with E-state index in [1.807, 2.05) is 24.3 Å². The fourth-order valence-electron chi connectivity index (χ4n) is 2.91. The number of anilines is 3. The molecule has 2 aromatic carbocycles. The van der Waals surface area contributed by atoms with Gasteiger partial charge in [-0.3, -0.25) is 0 Å². The number of nitrogens with zero attached hydrogens (tertiary/aromatic N) is 3. The molecule has 0 fully saturated rings. The molecule has 0 unspecified atom stereocenters. The van der Waals surface area contributed by atoms with Crippen LogP contribution in [0.25, 0.3) is 11.3 Å². The number of aromatic nitrogens is 2. The predicted octanol–water partition coefficient (Wildman–Crippen LogP) is 4.81. The van der Waals surface area contributed by atoms with E-state index in [9.17, 15) is 0 Å². The Kier molecular flexibility index (Phi) is 6.98. The molecule has 0 atom stereocenters. The fourth-order valence-corrected chi connectivity index (χ4v) is 2.91. The van der Waals surface area contributed by atoms with Gasteiger partial charge in [0.25, 0.3) is 0 Å². The van der Waals surface area contributed by atoms with Gasteiger partial charge in [0, 0.05) is 23.9 Å². The lowest BCUT2D eigenvalue weighted by Gasteiger charge is -2.13. The van der Waals surface area contributed by atoms with Crippen molar-refractivity contribution in [2.75, 3.05) is 37.8 Å². The topological polar surface area (TPSA) is 53.1 Å².